The van der Waals surface area contributed by atoms with E-state index in [9.17, 15) is 4.21 Å². The molecule has 0 aromatic carbocycles. The van der Waals surface area contributed by atoms with Gasteiger partial charge >= 0.3 is 0 Å². The molecular formula is C12H20BrNOS2. The van der Waals surface area contributed by atoms with Crippen molar-refractivity contribution in [2.24, 2.45) is 0 Å². The molecule has 1 N–H and O–H groups in total. The van der Waals surface area contributed by atoms with Crippen LogP contribution in [0.5, 0.6) is 0 Å². The van der Waals surface area contributed by atoms with Crippen LogP contribution in [0.4, 0.5) is 0 Å². The van der Waals surface area contributed by atoms with Gasteiger partial charge in [0.25, 0.3) is 0 Å². The van der Waals surface area contributed by atoms with E-state index in [2.05, 4.69) is 45.9 Å². The third kappa shape index (κ3) is 3.88. The Morgan fingerprint density at radius 3 is 2.35 bits per heavy atom. The number of hydrogen-bond acceptors (Lipinski definition) is 2. The van der Waals surface area contributed by atoms with E-state index in [0.29, 0.717) is 0 Å². The summed E-state index contributed by atoms with van der Waals surface area (Å²) in [7, 11) is -1.06. The van der Waals surface area contributed by atoms with Crippen molar-refractivity contribution in [1.29, 1.82) is 0 Å². The lowest BCUT2D eigenvalue weighted by Crippen LogP contribution is -2.45. The first kappa shape index (κ1) is 15.3. The van der Waals surface area contributed by atoms with Gasteiger partial charge in [-0.2, -0.15) is 0 Å². The van der Waals surface area contributed by atoms with E-state index in [-0.39, 0.29) is 10.3 Å². The minimum Gasteiger partial charge on any atom is -0.242 e. The summed E-state index contributed by atoms with van der Waals surface area (Å²) in [5, 5.41) is 2.06. The molecule has 0 bridgehead atoms. The van der Waals surface area contributed by atoms with Gasteiger partial charge in [0.15, 0.2) is 0 Å². The third-order valence-electron chi connectivity index (χ3n) is 2.69. The van der Waals surface area contributed by atoms with Crippen LogP contribution in [0.25, 0.3) is 0 Å². The SMILES string of the molecule is CC[C@](C)(NS(=O)C(C)(C)C)c1cc(Br)cs1. The fourth-order valence-electron chi connectivity index (χ4n) is 1.26. The lowest BCUT2D eigenvalue weighted by molar-refractivity contribution is 0.434. The molecule has 1 heterocycles. The second-order valence-corrected chi connectivity index (χ2v) is 9.09. The molecule has 17 heavy (non-hydrogen) atoms. The van der Waals surface area contributed by atoms with Crippen LogP contribution in [0.2, 0.25) is 0 Å². The van der Waals surface area contributed by atoms with Gasteiger partial charge in [0, 0.05) is 14.7 Å². The number of halogens is 1. The highest BCUT2D eigenvalue weighted by Gasteiger charge is 2.32. The van der Waals surface area contributed by atoms with Crippen LogP contribution in [0.15, 0.2) is 15.9 Å². The van der Waals surface area contributed by atoms with Crippen LogP contribution in [-0.2, 0) is 16.5 Å². The Bertz CT molecular complexity index is 411. The average Bonchev–Trinajstić information content (AvgIpc) is 2.63. The number of nitrogens with one attached hydrogen (secondary N) is 1. The standard InChI is InChI=1S/C12H20BrNOS2/c1-6-12(5,10-7-9(13)8-16-10)14-17(15)11(2,3)4/h7-8,14H,6H2,1-5H3/t12-,17?/m0/s1. The average molecular weight is 338 g/mol. The van der Waals surface area contributed by atoms with Gasteiger partial charge in [-0.05, 0) is 56.1 Å². The minimum atomic E-state index is -1.06. The van der Waals surface area contributed by atoms with Crippen LogP contribution >= 0.6 is 27.3 Å². The maximum Gasteiger partial charge on any atom is 0.0978 e. The van der Waals surface area contributed by atoms with Gasteiger partial charge in [-0.1, -0.05) is 6.92 Å². The zero-order valence-corrected chi connectivity index (χ0v) is 14.2. The summed E-state index contributed by atoms with van der Waals surface area (Å²) in [5.41, 5.74) is -0.227. The monoisotopic (exact) mass is 337 g/mol. The highest BCUT2D eigenvalue weighted by Crippen LogP contribution is 2.33. The lowest BCUT2D eigenvalue weighted by atomic mass is 9.99. The third-order valence-corrected chi connectivity index (χ3v) is 6.40. The molecule has 1 unspecified atom stereocenters. The fourth-order valence-corrected chi connectivity index (χ4v) is 3.91. The highest BCUT2D eigenvalue weighted by atomic mass is 79.9. The first-order valence-corrected chi connectivity index (χ1v) is 8.45. The van der Waals surface area contributed by atoms with Crippen LogP contribution < -0.4 is 4.72 Å². The van der Waals surface area contributed by atoms with Gasteiger partial charge in [0.2, 0.25) is 0 Å². The van der Waals surface area contributed by atoms with E-state index >= 15 is 0 Å². The van der Waals surface area contributed by atoms with E-state index in [4.69, 9.17) is 0 Å². The van der Waals surface area contributed by atoms with E-state index < -0.39 is 11.0 Å². The summed E-state index contributed by atoms with van der Waals surface area (Å²) in [5.74, 6) is 0. The summed E-state index contributed by atoms with van der Waals surface area (Å²) in [6.45, 7) is 10.2. The van der Waals surface area contributed by atoms with Gasteiger partial charge in [-0.15, -0.1) is 11.3 Å². The van der Waals surface area contributed by atoms with Gasteiger partial charge in [-0.3, -0.25) is 0 Å². The second kappa shape index (κ2) is 5.51. The molecule has 0 aliphatic rings. The minimum absolute atomic E-state index is 0.227. The molecule has 0 saturated heterocycles. The molecular weight excluding hydrogens is 318 g/mol. The molecule has 0 aliphatic heterocycles. The summed E-state index contributed by atoms with van der Waals surface area (Å²) < 4.78 is 16.3. The molecule has 0 aliphatic carbocycles. The van der Waals surface area contributed by atoms with E-state index in [1.165, 1.54) is 4.88 Å². The fraction of sp³-hybridized carbons (Fsp3) is 0.667. The molecule has 1 rings (SSSR count). The molecule has 0 fully saturated rings. The first-order valence-electron chi connectivity index (χ1n) is 5.63. The van der Waals surface area contributed by atoms with Crippen molar-refractivity contribution in [2.45, 2.75) is 51.3 Å². The molecule has 2 nitrogen and oxygen atoms in total. The van der Waals surface area contributed by atoms with Gasteiger partial charge in [-0.25, -0.2) is 8.93 Å². The maximum atomic E-state index is 12.2. The van der Waals surface area contributed by atoms with Crippen LogP contribution in [0, 0.1) is 0 Å². The predicted octanol–water partition coefficient (Wildman–Crippen LogP) is 4.19. The Hall–Kier alpha value is 0.290. The molecule has 0 spiro atoms. The Kier molecular flexibility index (Phi) is 4.97. The molecule has 2 atom stereocenters. The Balaban J connectivity index is 2.94. The molecule has 0 amide bonds. The van der Waals surface area contributed by atoms with Crippen molar-refractivity contribution in [3.05, 3.63) is 20.8 Å². The zero-order valence-electron chi connectivity index (χ0n) is 11.0. The molecule has 98 valence electrons. The van der Waals surface area contributed by atoms with Crippen molar-refractivity contribution in [1.82, 2.24) is 4.72 Å². The van der Waals surface area contributed by atoms with Crippen LogP contribution in [0.3, 0.4) is 0 Å². The van der Waals surface area contributed by atoms with E-state index in [1.54, 1.807) is 11.3 Å². The topological polar surface area (TPSA) is 29.1 Å². The smallest absolute Gasteiger partial charge is 0.0978 e. The van der Waals surface area contributed by atoms with Gasteiger partial charge in [0.05, 0.1) is 21.3 Å². The second-order valence-electron chi connectivity index (χ2n) is 5.30. The van der Waals surface area contributed by atoms with Crippen molar-refractivity contribution in [3.8, 4) is 0 Å². The van der Waals surface area contributed by atoms with Crippen molar-refractivity contribution in [3.63, 3.8) is 0 Å². The van der Waals surface area contributed by atoms with Gasteiger partial charge < -0.3 is 0 Å². The van der Waals surface area contributed by atoms with Crippen molar-refractivity contribution < 1.29 is 4.21 Å². The number of thiophene rings is 1. The quantitative estimate of drug-likeness (QED) is 0.876. The summed E-state index contributed by atoms with van der Waals surface area (Å²) in [4.78, 5) is 1.21. The number of rotatable bonds is 4. The first-order chi connectivity index (χ1) is 7.69. The van der Waals surface area contributed by atoms with Crippen molar-refractivity contribution >= 4 is 38.3 Å². The zero-order chi connectivity index (χ0) is 13.3. The van der Waals surface area contributed by atoms with Crippen LogP contribution in [0.1, 0.15) is 45.9 Å². The molecule has 0 saturated carbocycles. The Morgan fingerprint density at radius 2 is 2.00 bits per heavy atom. The lowest BCUT2D eigenvalue weighted by Gasteiger charge is -2.31. The number of hydrogen-bond donors (Lipinski definition) is 1. The van der Waals surface area contributed by atoms with Crippen molar-refractivity contribution in [2.75, 3.05) is 0 Å². The predicted molar refractivity (Wildman–Crippen MR) is 80.7 cm³/mol. The molecule has 1 aromatic rings. The molecule has 0 radical (unpaired) electrons. The van der Waals surface area contributed by atoms with Gasteiger partial charge in [0.1, 0.15) is 0 Å². The van der Waals surface area contributed by atoms with Crippen LogP contribution in [-0.4, -0.2) is 8.96 Å². The Labute approximate surface area is 119 Å². The molecule has 1 aromatic heterocycles. The largest absolute Gasteiger partial charge is 0.242 e. The normalized spacial score (nSPS) is 17.8. The van der Waals surface area contributed by atoms with E-state index in [1.807, 2.05) is 20.8 Å². The molecule has 5 heteroatoms. The maximum absolute atomic E-state index is 12.2. The summed E-state index contributed by atoms with van der Waals surface area (Å²) in [6, 6.07) is 2.10. The summed E-state index contributed by atoms with van der Waals surface area (Å²) in [6.07, 6.45) is 0.905. The Morgan fingerprint density at radius 1 is 1.41 bits per heavy atom. The highest BCUT2D eigenvalue weighted by molar-refractivity contribution is 9.10. The summed E-state index contributed by atoms with van der Waals surface area (Å²) >= 11 is 5.16. The van der Waals surface area contributed by atoms with E-state index in [0.717, 1.165) is 10.9 Å².